The topological polar surface area (TPSA) is 80.8 Å². The van der Waals surface area contributed by atoms with E-state index in [0.717, 1.165) is 32.1 Å². The Kier molecular flexibility index (Phi) is 6.49. The third-order valence-electron chi connectivity index (χ3n) is 5.03. The molecule has 0 radical (unpaired) electrons. The van der Waals surface area contributed by atoms with E-state index in [2.05, 4.69) is 24.1 Å². The lowest BCUT2D eigenvalue weighted by atomic mass is 10.1. The van der Waals surface area contributed by atoms with Crippen LogP contribution in [-0.4, -0.2) is 48.2 Å². The minimum Gasteiger partial charge on any atom is -0.460 e. The second-order valence-electron chi connectivity index (χ2n) is 6.75. The Balaban J connectivity index is 1.60. The Hall–Kier alpha value is -1.93. The van der Waals surface area contributed by atoms with Gasteiger partial charge in [0.1, 0.15) is 11.5 Å². The largest absolute Gasteiger partial charge is 0.460 e. The molecule has 0 spiro atoms. The van der Waals surface area contributed by atoms with Gasteiger partial charge in [0.25, 0.3) is 5.69 Å². The van der Waals surface area contributed by atoms with Crippen molar-refractivity contribution in [2.45, 2.75) is 32.5 Å². The fourth-order valence-corrected chi connectivity index (χ4v) is 3.44. The number of hydrogen-bond donors (Lipinski definition) is 1. The summed E-state index contributed by atoms with van der Waals surface area (Å²) >= 11 is 6.18. The van der Waals surface area contributed by atoms with Gasteiger partial charge in [0.15, 0.2) is 0 Å². The van der Waals surface area contributed by atoms with Crippen molar-refractivity contribution < 1.29 is 14.1 Å². The lowest BCUT2D eigenvalue weighted by molar-refractivity contribution is -0.384. The number of morpholine rings is 1. The molecule has 8 heteroatoms. The molecule has 1 fully saturated rings. The van der Waals surface area contributed by atoms with Gasteiger partial charge in [0.2, 0.25) is 0 Å². The first-order valence-electron chi connectivity index (χ1n) is 9.04. The summed E-state index contributed by atoms with van der Waals surface area (Å²) in [7, 11) is 0. The number of nitrogens with zero attached hydrogens (tertiary/aromatic N) is 2. The average molecular weight is 394 g/mol. The summed E-state index contributed by atoms with van der Waals surface area (Å²) in [6.45, 7) is 8.46. The zero-order valence-electron chi connectivity index (χ0n) is 15.5. The molecule has 0 aliphatic carbocycles. The van der Waals surface area contributed by atoms with Crippen LogP contribution < -0.4 is 5.32 Å². The van der Waals surface area contributed by atoms with Crippen LogP contribution in [0, 0.1) is 10.1 Å². The predicted molar refractivity (Wildman–Crippen MR) is 104 cm³/mol. The molecule has 3 rings (SSSR count). The van der Waals surface area contributed by atoms with E-state index < -0.39 is 4.92 Å². The lowest BCUT2D eigenvalue weighted by Gasteiger charge is -2.35. The summed E-state index contributed by atoms with van der Waals surface area (Å²) in [5.74, 6) is 1.39. The SMILES string of the molecule is CC(NCc1ccc(-c2ccc([N+](=O)[O-])cc2Cl)o1)C(C)N1CCOCC1. The van der Waals surface area contributed by atoms with Gasteiger partial charge in [-0.3, -0.25) is 15.0 Å². The van der Waals surface area contributed by atoms with E-state index in [0.29, 0.717) is 35.0 Å². The fraction of sp³-hybridized carbons (Fsp3) is 0.474. The highest BCUT2D eigenvalue weighted by Crippen LogP contribution is 2.32. The maximum Gasteiger partial charge on any atom is 0.270 e. The number of hydrogen-bond acceptors (Lipinski definition) is 6. The van der Waals surface area contributed by atoms with E-state index >= 15 is 0 Å². The molecule has 2 heterocycles. The molecule has 1 N–H and O–H groups in total. The maximum atomic E-state index is 10.8. The molecule has 2 unspecified atom stereocenters. The first-order chi connectivity index (χ1) is 13.0. The third-order valence-corrected chi connectivity index (χ3v) is 5.35. The van der Waals surface area contributed by atoms with Crippen LogP contribution >= 0.6 is 11.6 Å². The van der Waals surface area contributed by atoms with Crippen molar-refractivity contribution in [3.63, 3.8) is 0 Å². The van der Waals surface area contributed by atoms with Gasteiger partial charge in [0, 0.05) is 42.9 Å². The number of benzene rings is 1. The number of non-ortho nitro benzene ring substituents is 1. The summed E-state index contributed by atoms with van der Waals surface area (Å²) in [5.41, 5.74) is 0.603. The van der Waals surface area contributed by atoms with Crippen molar-refractivity contribution in [1.29, 1.82) is 0 Å². The zero-order chi connectivity index (χ0) is 19.4. The average Bonchev–Trinajstić information content (AvgIpc) is 3.14. The Bertz CT molecular complexity index is 789. The molecule has 146 valence electrons. The van der Waals surface area contributed by atoms with Crippen LogP contribution in [0.3, 0.4) is 0 Å². The van der Waals surface area contributed by atoms with E-state index in [4.69, 9.17) is 20.8 Å². The van der Waals surface area contributed by atoms with Gasteiger partial charge >= 0.3 is 0 Å². The van der Waals surface area contributed by atoms with Crippen LogP contribution in [0.25, 0.3) is 11.3 Å². The Morgan fingerprint density at radius 2 is 2.00 bits per heavy atom. The van der Waals surface area contributed by atoms with Gasteiger partial charge in [-0.05, 0) is 32.0 Å². The van der Waals surface area contributed by atoms with Crippen molar-refractivity contribution in [3.8, 4) is 11.3 Å². The number of rotatable bonds is 7. The van der Waals surface area contributed by atoms with Crippen LogP contribution in [0.4, 0.5) is 5.69 Å². The summed E-state index contributed by atoms with van der Waals surface area (Å²) < 4.78 is 11.3. The van der Waals surface area contributed by atoms with Crippen LogP contribution in [0.15, 0.2) is 34.7 Å². The smallest absolute Gasteiger partial charge is 0.270 e. The number of ether oxygens (including phenoxy) is 1. The highest BCUT2D eigenvalue weighted by atomic mass is 35.5. The van der Waals surface area contributed by atoms with Crippen molar-refractivity contribution in [3.05, 3.63) is 51.2 Å². The number of nitro groups is 1. The molecule has 1 saturated heterocycles. The van der Waals surface area contributed by atoms with Crippen LogP contribution in [-0.2, 0) is 11.3 Å². The van der Waals surface area contributed by atoms with Crippen molar-refractivity contribution in [2.24, 2.45) is 0 Å². The Labute approximate surface area is 163 Å². The summed E-state index contributed by atoms with van der Waals surface area (Å²) in [5, 5.41) is 14.6. The van der Waals surface area contributed by atoms with E-state index in [-0.39, 0.29) is 5.69 Å². The minimum absolute atomic E-state index is 0.0388. The molecule has 7 nitrogen and oxygen atoms in total. The number of nitro benzene ring substituents is 1. The Morgan fingerprint density at radius 3 is 2.67 bits per heavy atom. The van der Waals surface area contributed by atoms with Crippen LogP contribution in [0.5, 0.6) is 0 Å². The zero-order valence-corrected chi connectivity index (χ0v) is 16.2. The van der Waals surface area contributed by atoms with Gasteiger partial charge < -0.3 is 14.5 Å². The van der Waals surface area contributed by atoms with Gasteiger partial charge in [-0.2, -0.15) is 0 Å². The van der Waals surface area contributed by atoms with Gasteiger partial charge in [-0.1, -0.05) is 11.6 Å². The Morgan fingerprint density at radius 1 is 1.26 bits per heavy atom. The van der Waals surface area contributed by atoms with Gasteiger partial charge in [-0.15, -0.1) is 0 Å². The molecule has 2 aromatic rings. The molecule has 1 aromatic heterocycles. The third kappa shape index (κ3) is 4.87. The van der Waals surface area contributed by atoms with Crippen LogP contribution in [0.1, 0.15) is 19.6 Å². The predicted octanol–water partition coefficient (Wildman–Crippen LogP) is 3.71. The first kappa shape index (κ1) is 19.8. The standard InChI is InChI=1S/C19H24ClN3O4/c1-13(14(2)22-7-9-26-10-8-22)21-12-16-4-6-19(27-16)17-5-3-15(23(24)25)11-18(17)20/h3-6,11,13-14,21H,7-10,12H2,1-2H3. The maximum absolute atomic E-state index is 10.8. The summed E-state index contributed by atoms with van der Waals surface area (Å²) in [6.07, 6.45) is 0. The number of furan rings is 1. The van der Waals surface area contributed by atoms with Crippen molar-refractivity contribution >= 4 is 17.3 Å². The van der Waals surface area contributed by atoms with E-state index in [1.165, 1.54) is 12.1 Å². The minimum atomic E-state index is -0.468. The fourth-order valence-electron chi connectivity index (χ4n) is 3.17. The highest BCUT2D eigenvalue weighted by molar-refractivity contribution is 6.33. The van der Waals surface area contributed by atoms with Crippen molar-refractivity contribution in [2.75, 3.05) is 26.3 Å². The molecule has 0 bridgehead atoms. The number of nitrogens with one attached hydrogen (secondary N) is 1. The molecule has 0 saturated carbocycles. The second-order valence-corrected chi connectivity index (χ2v) is 7.15. The van der Waals surface area contributed by atoms with E-state index in [9.17, 15) is 10.1 Å². The molecular formula is C19H24ClN3O4. The van der Waals surface area contributed by atoms with Crippen LogP contribution in [0.2, 0.25) is 5.02 Å². The van der Waals surface area contributed by atoms with Gasteiger partial charge in [0.05, 0.1) is 29.7 Å². The van der Waals surface area contributed by atoms with Crippen molar-refractivity contribution in [1.82, 2.24) is 10.2 Å². The summed E-state index contributed by atoms with van der Waals surface area (Å²) in [4.78, 5) is 12.8. The van der Waals surface area contributed by atoms with E-state index in [1.807, 2.05) is 12.1 Å². The lowest BCUT2D eigenvalue weighted by Crippen LogP contribution is -2.50. The molecular weight excluding hydrogens is 370 g/mol. The highest BCUT2D eigenvalue weighted by Gasteiger charge is 2.22. The second kappa shape index (κ2) is 8.84. The summed E-state index contributed by atoms with van der Waals surface area (Å²) in [6, 6.07) is 8.79. The van der Waals surface area contributed by atoms with E-state index in [1.54, 1.807) is 6.07 Å². The molecule has 1 aliphatic rings. The van der Waals surface area contributed by atoms with Gasteiger partial charge in [-0.25, -0.2) is 0 Å². The molecule has 0 amide bonds. The molecule has 1 aliphatic heterocycles. The molecule has 27 heavy (non-hydrogen) atoms. The molecule has 1 aromatic carbocycles. The normalized spacial score (nSPS) is 17.6. The molecule has 2 atom stereocenters. The monoisotopic (exact) mass is 393 g/mol. The number of halogens is 1. The first-order valence-corrected chi connectivity index (χ1v) is 9.41. The quantitative estimate of drug-likeness (QED) is 0.570.